The molecule has 0 radical (unpaired) electrons. The minimum absolute atomic E-state index is 0.0423. The van der Waals surface area contributed by atoms with Gasteiger partial charge in [0, 0.05) is 13.1 Å². The van der Waals surface area contributed by atoms with Gasteiger partial charge in [0.2, 0.25) is 5.91 Å². The van der Waals surface area contributed by atoms with Crippen LogP contribution >= 0.6 is 0 Å². The van der Waals surface area contributed by atoms with Gasteiger partial charge in [0.15, 0.2) is 0 Å². The first kappa shape index (κ1) is 14.8. The second kappa shape index (κ2) is 6.75. The number of amides is 1. The topological polar surface area (TPSA) is 40.5 Å². The van der Waals surface area contributed by atoms with Crippen LogP contribution < -0.4 is 0 Å². The molecule has 2 aromatic rings. The Morgan fingerprint density at radius 1 is 0.909 bits per heavy atom. The first-order valence-corrected chi connectivity index (χ1v) is 7.78. The second-order valence-electron chi connectivity index (χ2n) is 5.93. The lowest BCUT2D eigenvalue weighted by Gasteiger charge is -2.16. The average molecular weight is 295 g/mol. The van der Waals surface area contributed by atoms with Gasteiger partial charge in [-0.1, -0.05) is 54.6 Å². The number of benzene rings is 2. The SMILES string of the molecule is O=C1CC(O)CN1Cc1ccc(CCc2ccccc2)cc1. The van der Waals surface area contributed by atoms with Crippen molar-refractivity contribution in [2.45, 2.75) is 31.9 Å². The molecule has 3 rings (SSSR count). The fourth-order valence-corrected chi connectivity index (χ4v) is 2.87. The number of rotatable bonds is 5. The van der Waals surface area contributed by atoms with Crippen molar-refractivity contribution < 1.29 is 9.90 Å². The van der Waals surface area contributed by atoms with Crippen LogP contribution in [0.15, 0.2) is 54.6 Å². The zero-order chi connectivity index (χ0) is 15.4. The molecule has 1 heterocycles. The monoisotopic (exact) mass is 295 g/mol. The minimum Gasteiger partial charge on any atom is -0.391 e. The summed E-state index contributed by atoms with van der Waals surface area (Å²) in [6.45, 7) is 1.05. The number of hydrogen-bond acceptors (Lipinski definition) is 2. The van der Waals surface area contributed by atoms with E-state index in [0.29, 0.717) is 13.1 Å². The Kier molecular flexibility index (Phi) is 4.54. The van der Waals surface area contributed by atoms with Crippen molar-refractivity contribution >= 4 is 5.91 Å². The third-order valence-corrected chi connectivity index (χ3v) is 4.14. The molecular formula is C19H21NO2. The standard InChI is InChI=1S/C19H21NO2/c21-18-12-19(22)20(14-18)13-17-10-8-16(9-11-17)7-6-15-4-2-1-3-5-15/h1-5,8-11,18,21H,6-7,12-14H2. The molecule has 22 heavy (non-hydrogen) atoms. The van der Waals surface area contributed by atoms with Gasteiger partial charge in [-0.15, -0.1) is 0 Å². The normalized spacial score (nSPS) is 18.0. The van der Waals surface area contributed by atoms with E-state index in [9.17, 15) is 9.90 Å². The van der Waals surface area contributed by atoms with Crippen LogP contribution in [-0.2, 0) is 24.2 Å². The Morgan fingerprint density at radius 2 is 1.50 bits per heavy atom. The second-order valence-corrected chi connectivity index (χ2v) is 5.93. The lowest BCUT2D eigenvalue weighted by atomic mass is 10.0. The Morgan fingerprint density at radius 3 is 2.09 bits per heavy atom. The van der Waals surface area contributed by atoms with E-state index in [2.05, 4.69) is 48.5 Å². The highest BCUT2D eigenvalue weighted by molar-refractivity contribution is 5.79. The van der Waals surface area contributed by atoms with Gasteiger partial charge in [0.05, 0.1) is 12.5 Å². The summed E-state index contributed by atoms with van der Waals surface area (Å²) >= 11 is 0. The number of aliphatic hydroxyl groups is 1. The van der Waals surface area contributed by atoms with E-state index in [4.69, 9.17) is 0 Å². The highest BCUT2D eigenvalue weighted by Crippen LogP contribution is 2.16. The number of carbonyl (C=O) groups excluding carboxylic acids is 1. The molecule has 1 saturated heterocycles. The Balaban J connectivity index is 1.55. The highest BCUT2D eigenvalue weighted by Gasteiger charge is 2.27. The van der Waals surface area contributed by atoms with Crippen molar-refractivity contribution in [3.8, 4) is 0 Å². The summed E-state index contributed by atoms with van der Waals surface area (Å²) in [7, 11) is 0. The molecule has 0 bridgehead atoms. The maximum atomic E-state index is 11.7. The number of likely N-dealkylation sites (tertiary alicyclic amines) is 1. The maximum Gasteiger partial charge on any atom is 0.225 e. The van der Waals surface area contributed by atoms with Crippen LogP contribution in [0.1, 0.15) is 23.1 Å². The predicted octanol–water partition coefficient (Wildman–Crippen LogP) is 2.57. The van der Waals surface area contributed by atoms with E-state index in [1.807, 2.05) is 6.07 Å². The molecule has 0 spiro atoms. The van der Waals surface area contributed by atoms with Crippen LogP contribution in [0.3, 0.4) is 0 Å². The largest absolute Gasteiger partial charge is 0.391 e. The van der Waals surface area contributed by atoms with Crippen molar-refractivity contribution in [3.63, 3.8) is 0 Å². The van der Waals surface area contributed by atoms with Crippen molar-refractivity contribution in [1.82, 2.24) is 4.90 Å². The maximum absolute atomic E-state index is 11.7. The van der Waals surface area contributed by atoms with Gasteiger partial charge in [-0.25, -0.2) is 0 Å². The predicted molar refractivity (Wildman–Crippen MR) is 86.3 cm³/mol. The first-order chi connectivity index (χ1) is 10.7. The third kappa shape index (κ3) is 3.74. The molecule has 1 amide bonds. The fourth-order valence-electron chi connectivity index (χ4n) is 2.87. The molecule has 1 unspecified atom stereocenters. The Labute approximate surface area is 131 Å². The number of β-amino-alcohol motifs (C(OH)–C–C–N with tert-alkyl or cyclic N) is 1. The third-order valence-electron chi connectivity index (χ3n) is 4.14. The molecule has 1 fully saturated rings. The molecule has 114 valence electrons. The van der Waals surface area contributed by atoms with Crippen LogP contribution in [0.2, 0.25) is 0 Å². The van der Waals surface area contributed by atoms with Crippen LogP contribution in [0, 0.1) is 0 Å². The summed E-state index contributed by atoms with van der Waals surface area (Å²) in [5.74, 6) is 0.0423. The van der Waals surface area contributed by atoms with Gasteiger partial charge < -0.3 is 10.0 Å². The minimum atomic E-state index is -0.502. The summed E-state index contributed by atoms with van der Waals surface area (Å²) in [6, 6.07) is 18.9. The van der Waals surface area contributed by atoms with Crippen molar-refractivity contribution in [3.05, 3.63) is 71.3 Å². The van der Waals surface area contributed by atoms with Crippen LogP contribution in [0.25, 0.3) is 0 Å². The van der Waals surface area contributed by atoms with Gasteiger partial charge in [-0.05, 0) is 29.5 Å². The smallest absolute Gasteiger partial charge is 0.225 e. The number of nitrogens with zero attached hydrogens (tertiary/aromatic N) is 1. The van der Waals surface area contributed by atoms with E-state index in [-0.39, 0.29) is 12.3 Å². The van der Waals surface area contributed by atoms with Gasteiger partial charge in [-0.3, -0.25) is 4.79 Å². The van der Waals surface area contributed by atoms with E-state index in [1.54, 1.807) is 4.90 Å². The summed E-state index contributed by atoms with van der Waals surface area (Å²) < 4.78 is 0. The molecule has 1 aliphatic heterocycles. The summed E-state index contributed by atoms with van der Waals surface area (Å²) in [6.07, 6.45) is 1.82. The molecule has 1 aliphatic rings. The Bertz CT molecular complexity index is 622. The number of aryl methyl sites for hydroxylation is 2. The van der Waals surface area contributed by atoms with Crippen LogP contribution in [0.5, 0.6) is 0 Å². The van der Waals surface area contributed by atoms with Gasteiger partial charge in [0.1, 0.15) is 0 Å². The molecule has 0 saturated carbocycles. The van der Waals surface area contributed by atoms with Crippen LogP contribution in [-0.4, -0.2) is 28.6 Å². The lowest BCUT2D eigenvalue weighted by Crippen LogP contribution is -2.25. The van der Waals surface area contributed by atoms with Crippen molar-refractivity contribution in [2.24, 2.45) is 0 Å². The molecule has 0 aromatic heterocycles. The fraction of sp³-hybridized carbons (Fsp3) is 0.316. The molecule has 2 aromatic carbocycles. The molecular weight excluding hydrogens is 274 g/mol. The first-order valence-electron chi connectivity index (χ1n) is 7.78. The summed E-state index contributed by atoms with van der Waals surface area (Å²) in [5.41, 5.74) is 3.77. The molecule has 1 N–H and O–H groups in total. The summed E-state index contributed by atoms with van der Waals surface area (Å²) in [4.78, 5) is 13.4. The van der Waals surface area contributed by atoms with Crippen molar-refractivity contribution in [2.75, 3.05) is 6.54 Å². The summed E-state index contributed by atoms with van der Waals surface area (Å²) in [5, 5.41) is 9.51. The van der Waals surface area contributed by atoms with Gasteiger partial charge >= 0.3 is 0 Å². The number of aliphatic hydroxyl groups excluding tert-OH is 1. The van der Waals surface area contributed by atoms with E-state index in [1.165, 1.54) is 11.1 Å². The average Bonchev–Trinajstić information content (AvgIpc) is 2.85. The molecule has 1 atom stereocenters. The number of hydrogen-bond donors (Lipinski definition) is 1. The van der Waals surface area contributed by atoms with E-state index >= 15 is 0 Å². The van der Waals surface area contributed by atoms with E-state index in [0.717, 1.165) is 18.4 Å². The Hall–Kier alpha value is -2.13. The zero-order valence-electron chi connectivity index (χ0n) is 12.6. The molecule has 3 heteroatoms. The van der Waals surface area contributed by atoms with Gasteiger partial charge in [-0.2, -0.15) is 0 Å². The van der Waals surface area contributed by atoms with Crippen molar-refractivity contribution in [1.29, 1.82) is 0 Å². The highest BCUT2D eigenvalue weighted by atomic mass is 16.3. The number of carbonyl (C=O) groups is 1. The van der Waals surface area contributed by atoms with E-state index < -0.39 is 6.10 Å². The lowest BCUT2D eigenvalue weighted by molar-refractivity contribution is -0.128. The quantitative estimate of drug-likeness (QED) is 0.921. The molecule has 0 aliphatic carbocycles. The molecule has 3 nitrogen and oxygen atoms in total. The zero-order valence-corrected chi connectivity index (χ0v) is 12.6. The van der Waals surface area contributed by atoms with Crippen LogP contribution in [0.4, 0.5) is 0 Å². The van der Waals surface area contributed by atoms with Gasteiger partial charge in [0.25, 0.3) is 0 Å².